The molecule has 1 saturated carbocycles. The van der Waals surface area contributed by atoms with Gasteiger partial charge in [0.25, 0.3) is 0 Å². The SMILES string of the molecule is CC(=O)OC1C(OCC2=COC(OC(=O)CC(C)C)C3C2CC(O)C3CO)OC(CO)C(O)C1O. The van der Waals surface area contributed by atoms with Crippen LogP contribution < -0.4 is 0 Å². The smallest absolute Gasteiger partial charge is 0.309 e. The molecule has 0 spiro atoms. The van der Waals surface area contributed by atoms with Crippen LogP contribution in [-0.2, 0) is 33.3 Å². The number of hydrogen-bond acceptors (Lipinski definition) is 12. The van der Waals surface area contributed by atoms with Crippen molar-refractivity contribution >= 4 is 11.9 Å². The molecular weight excluding hydrogens is 468 g/mol. The van der Waals surface area contributed by atoms with Crippen LogP contribution in [0, 0.1) is 23.7 Å². The number of carbonyl (C=O) groups is 2. The Kier molecular flexibility index (Phi) is 9.49. The zero-order chi connectivity index (χ0) is 25.9. The first-order valence-electron chi connectivity index (χ1n) is 11.8. The second-order valence-corrected chi connectivity index (χ2v) is 9.71. The fraction of sp³-hybridized carbons (Fsp3) is 0.826. The summed E-state index contributed by atoms with van der Waals surface area (Å²) in [5, 5.41) is 50.4. The summed E-state index contributed by atoms with van der Waals surface area (Å²) in [4.78, 5) is 23.8. The molecule has 0 amide bonds. The zero-order valence-corrected chi connectivity index (χ0v) is 20.1. The molecule has 5 N–H and O–H groups in total. The molecule has 0 radical (unpaired) electrons. The summed E-state index contributed by atoms with van der Waals surface area (Å²) < 4.78 is 27.6. The number of fused-ring (bicyclic) bond motifs is 1. The molecule has 12 nitrogen and oxygen atoms in total. The van der Waals surface area contributed by atoms with E-state index in [2.05, 4.69) is 0 Å². The van der Waals surface area contributed by atoms with Gasteiger partial charge in [0.15, 0.2) is 12.4 Å². The maximum atomic E-state index is 12.2. The molecule has 0 aromatic heterocycles. The molecule has 1 aliphatic carbocycles. The molecule has 3 rings (SSSR count). The Balaban J connectivity index is 1.75. The fourth-order valence-electron chi connectivity index (χ4n) is 4.96. The van der Waals surface area contributed by atoms with Gasteiger partial charge >= 0.3 is 11.9 Å². The minimum absolute atomic E-state index is 0.0847. The molecule has 3 aliphatic rings. The summed E-state index contributed by atoms with van der Waals surface area (Å²) in [5.41, 5.74) is 0.576. The molecule has 10 unspecified atom stereocenters. The van der Waals surface area contributed by atoms with Crippen LogP contribution in [0.3, 0.4) is 0 Å². The van der Waals surface area contributed by atoms with Crippen molar-refractivity contribution in [3.63, 3.8) is 0 Å². The Morgan fingerprint density at radius 3 is 2.40 bits per heavy atom. The first-order chi connectivity index (χ1) is 16.6. The third-order valence-electron chi connectivity index (χ3n) is 6.67. The van der Waals surface area contributed by atoms with Crippen molar-refractivity contribution in [2.75, 3.05) is 19.8 Å². The Bertz CT molecular complexity index is 770. The lowest BCUT2D eigenvalue weighted by molar-refractivity contribution is -0.302. The quantitative estimate of drug-likeness (QED) is 0.237. The second-order valence-electron chi connectivity index (χ2n) is 9.71. The van der Waals surface area contributed by atoms with Gasteiger partial charge in [0.1, 0.15) is 18.3 Å². The van der Waals surface area contributed by atoms with Crippen LogP contribution in [0.2, 0.25) is 0 Å². The Morgan fingerprint density at radius 2 is 1.80 bits per heavy atom. The summed E-state index contributed by atoms with van der Waals surface area (Å²) in [6, 6.07) is 0. The van der Waals surface area contributed by atoms with Crippen molar-refractivity contribution in [3.8, 4) is 0 Å². The summed E-state index contributed by atoms with van der Waals surface area (Å²) in [7, 11) is 0. The van der Waals surface area contributed by atoms with E-state index in [1.54, 1.807) is 0 Å². The molecule has 200 valence electrons. The van der Waals surface area contributed by atoms with E-state index in [0.717, 1.165) is 6.92 Å². The van der Waals surface area contributed by atoms with Crippen LogP contribution in [-0.4, -0.2) is 100 Å². The maximum Gasteiger partial charge on any atom is 0.309 e. The molecule has 0 aromatic carbocycles. The van der Waals surface area contributed by atoms with Crippen LogP contribution in [0.5, 0.6) is 0 Å². The van der Waals surface area contributed by atoms with Gasteiger partial charge in [-0.3, -0.25) is 9.59 Å². The molecule has 12 heteroatoms. The molecule has 2 heterocycles. The number of hydrogen-bond donors (Lipinski definition) is 5. The monoisotopic (exact) mass is 504 g/mol. The summed E-state index contributed by atoms with van der Waals surface area (Å²) in [6.45, 7) is 3.82. The van der Waals surface area contributed by atoms with Gasteiger partial charge in [-0.05, 0) is 23.8 Å². The van der Waals surface area contributed by atoms with Crippen molar-refractivity contribution in [1.82, 2.24) is 0 Å². The number of ether oxygens (including phenoxy) is 5. The predicted octanol–water partition coefficient (Wildman–Crippen LogP) is -1.19. The molecule has 10 atom stereocenters. The van der Waals surface area contributed by atoms with E-state index in [0.29, 0.717) is 5.57 Å². The third kappa shape index (κ3) is 6.31. The van der Waals surface area contributed by atoms with Crippen molar-refractivity contribution < 1.29 is 58.8 Å². The van der Waals surface area contributed by atoms with Crippen molar-refractivity contribution in [2.45, 2.75) is 76.7 Å². The van der Waals surface area contributed by atoms with E-state index in [1.165, 1.54) is 6.26 Å². The lowest BCUT2D eigenvalue weighted by Gasteiger charge is -2.41. The van der Waals surface area contributed by atoms with Crippen molar-refractivity contribution in [2.24, 2.45) is 23.7 Å². The molecule has 35 heavy (non-hydrogen) atoms. The van der Waals surface area contributed by atoms with Gasteiger partial charge in [0.2, 0.25) is 6.29 Å². The zero-order valence-electron chi connectivity index (χ0n) is 20.1. The summed E-state index contributed by atoms with van der Waals surface area (Å²) in [6.07, 6.45) is -6.89. The molecule has 2 aliphatic heterocycles. The highest BCUT2D eigenvalue weighted by Gasteiger charge is 2.52. The number of rotatable bonds is 9. The number of aliphatic hydroxyl groups is 5. The normalized spacial score (nSPS) is 38.9. The molecule has 1 saturated heterocycles. The van der Waals surface area contributed by atoms with Gasteiger partial charge in [-0.1, -0.05) is 13.8 Å². The minimum atomic E-state index is -1.56. The van der Waals surface area contributed by atoms with E-state index in [1.807, 2.05) is 13.8 Å². The Morgan fingerprint density at radius 1 is 1.09 bits per heavy atom. The van der Waals surface area contributed by atoms with Crippen LogP contribution in [0.1, 0.15) is 33.6 Å². The number of carbonyl (C=O) groups excluding carboxylic acids is 2. The van der Waals surface area contributed by atoms with Gasteiger partial charge in [-0.2, -0.15) is 0 Å². The average molecular weight is 505 g/mol. The largest absolute Gasteiger partial charge is 0.462 e. The molecular formula is C23H36O12. The van der Waals surface area contributed by atoms with Gasteiger partial charge < -0.3 is 49.2 Å². The molecule has 0 aromatic rings. The van der Waals surface area contributed by atoms with Gasteiger partial charge in [0, 0.05) is 31.8 Å². The second kappa shape index (κ2) is 12.0. The lowest BCUT2D eigenvalue weighted by atomic mass is 9.83. The van der Waals surface area contributed by atoms with E-state index >= 15 is 0 Å². The van der Waals surface area contributed by atoms with Crippen molar-refractivity contribution in [3.05, 3.63) is 11.8 Å². The Labute approximate surface area is 203 Å². The van der Waals surface area contributed by atoms with Gasteiger partial charge in [-0.15, -0.1) is 0 Å². The van der Waals surface area contributed by atoms with Gasteiger partial charge in [-0.25, -0.2) is 0 Å². The molecule has 2 fully saturated rings. The maximum absolute atomic E-state index is 12.2. The van der Waals surface area contributed by atoms with Crippen LogP contribution >= 0.6 is 0 Å². The highest BCUT2D eigenvalue weighted by atomic mass is 16.7. The predicted molar refractivity (Wildman–Crippen MR) is 116 cm³/mol. The van der Waals surface area contributed by atoms with Gasteiger partial charge in [0.05, 0.1) is 25.6 Å². The fourth-order valence-corrected chi connectivity index (χ4v) is 4.96. The van der Waals surface area contributed by atoms with Crippen LogP contribution in [0.4, 0.5) is 0 Å². The Hall–Kier alpha value is -1.80. The van der Waals surface area contributed by atoms with Crippen molar-refractivity contribution in [1.29, 1.82) is 0 Å². The first-order valence-corrected chi connectivity index (χ1v) is 11.8. The van der Waals surface area contributed by atoms with E-state index < -0.39 is 73.5 Å². The molecule has 0 bridgehead atoms. The first kappa shape index (κ1) is 27.8. The highest BCUT2D eigenvalue weighted by Crippen LogP contribution is 2.47. The van der Waals surface area contributed by atoms with E-state index in [4.69, 9.17) is 23.7 Å². The third-order valence-corrected chi connectivity index (χ3v) is 6.67. The van der Waals surface area contributed by atoms with Crippen LogP contribution in [0.15, 0.2) is 11.8 Å². The average Bonchev–Trinajstić information content (AvgIpc) is 3.13. The number of aliphatic hydroxyl groups excluding tert-OH is 5. The standard InChI is InChI=1S/C23H36O12/c1-10(2)4-17(28)35-22-18-13(5-15(27)14(18)6-24)12(8-31-22)9-32-23-21(33-11(3)26)20(30)19(29)16(7-25)34-23/h8,10,13-16,18-25,27,29-30H,4-7,9H2,1-3H3. The topological polar surface area (TPSA) is 181 Å². The summed E-state index contributed by atoms with van der Waals surface area (Å²) in [5.74, 6) is -2.55. The van der Waals surface area contributed by atoms with E-state index in [9.17, 15) is 35.1 Å². The minimum Gasteiger partial charge on any atom is -0.462 e. The highest BCUT2D eigenvalue weighted by molar-refractivity contribution is 5.69. The van der Waals surface area contributed by atoms with Crippen LogP contribution in [0.25, 0.3) is 0 Å². The number of esters is 2. The lowest BCUT2D eigenvalue weighted by Crippen LogP contribution is -2.60. The van der Waals surface area contributed by atoms with E-state index in [-0.39, 0.29) is 37.9 Å². The summed E-state index contributed by atoms with van der Waals surface area (Å²) >= 11 is 0.